The molecule has 0 spiro atoms. The largest absolute Gasteiger partial charge is 0.495 e. The number of nitrogens with one attached hydrogen (secondary N) is 1. The van der Waals surface area contributed by atoms with Crippen molar-refractivity contribution in [1.82, 2.24) is 4.90 Å². The number of nitro groups is 1. The van der Waals surface area contributed by atoms with Crippen molar-refractivity contribution in [2.45, 2.75) is 19.8 Å². The van der Waals surface area contributed by atoms with Gasteiger partial charge in [-0.1, -0.05) is 30.7 Å². The molecule has 0 aromatic heterocycles. The summed E-state index contributed by atoms with van der Waals surface area (Å²) in [6.45, 7) is 6.51. The van der Waals surface area contributed by atoms with Crippen LogP contribution in [-0.2, 0) is 0 Å². The van der Waals surface area contributed by atoms with Crippen LogP contribution in [0.15, 0.2) is 60.7 Å². The van der Waals surface area contributed by atoms with Gasteiger partial charge in [-0.3, -0.25) is 19.7 Å². The van der Waals surface area contributed by atoms with Gasteiger partial charge in [-0.25, -0.2) is 0 Å². The Bertz CT molecular complexity index is 1480. The lowest BCUT2D eigenvalue weighted by molar-refractivity contribution is -0.384. The molecule has 0 unspecified atom stereocenters. The maximum atomic E-state index is 13.9. The second kappa shape index (κ2) is 12.7. The first-order valence-electron chi connectivity index (χ1n) is 14.1. The Labute approximate surface area is 250 Å². The van der Waals surface area contributed by atoms with Crippen LogP contribution in [0.3, 0.4) is 0 Å². The molecule has 0 aliphatic carbocycles. The fourth-order valence-corrected chi connectivity index (χ4v) is 5.78. The number of likely N-dealkylation sites (tertiary alicyclic amines) is 1. The molecule has 5 rings (SSSR count). The Morgan fingerprint density at radius 3 is 2.21 bits per heavy atom. The van der Waals surface area contributed by atoms with Crippen molar-refractivity contribution >= 4 is 46.2 Å². The molecule has 2 saturated heterocycles. The standard InChI is InChI=1S/C31H34ClN5O5/c1-21-11-13-36(14-12-21)31(39)25-19-22(33-30(38)24-9-8-23(37(40)41)20-26(24)32)7-10-27(25)34-15-17-35(18-16-34)28-5-3-4-6-29(28)42-2/h3-10,19-21H,11-18H2,1-2H3,(H,33,38). The van der Waals surface area contributed by atoms with Crippen LogP contribution in [0.1, 0.15) is 40.5 Å². The number of nitro benzene ring substituents is 1. The second-order valence-corrected chi connectivity index (χ2v) is 11.1. The zero-order chi connectivity index (χ0) is 29.8. The van der Waals surface area contributed by atoms with Crippen molar-refractivity contribution in [2.24, 2.45) is 5.92 Å². The molecule has 10 nitrogen and oxygen atoms in total. The van der Waals surface area contributed by atoms with E-state index in [1.54, 1.807) is 19.2 Å². The second-order valence-electron chi connectivity index (χ2n) is 10.7. The van der Waals surface area contributed by atoms with Gasteiger partial charge in [-0.05, 0) is 55.2 Å². The van der Waals surface area contributed by atoms with Gasteiger partial charge < -0.3 is 24.8 Å². The highest BCUT2D eigenvalue weighted by Crippen LogP contribution is 2.32. The highest BCUT2D eigenvalue weighted by Gasteiger charge is 2.28. The van der Waals surface area contributed by atoms with E-state index >= 15 is 0 Å². The van der Waals surface area contributed by atoms with Crippen LogP contribution >= 0.6 is 11.6 Å². The molecule has 2 fully saturated rings. The number of para-hydroxylation sites is 2. The van der Waals surface area contributed by atoms with E-state index in [1.807, 2.05) is 29.2 Å². The average molecular weight is 592 g/mol. The minimum atomic E-state index is -0.568. The zero-order valence-electron chi connectivity index (χ0n) is 23.7. The van der Waals surface area contributed by atoms with Crippen LogP contribution < -0.4 is 19.9 Å². The third-order valence-electron chi connectivity index (χ3n) is 8.01. The molecule has 0 saturated carbocycles. The zero-order valence-corrected chi connectivity index (χ0v) is 24.5. The van der Waals surface area contributed by atoms with Gasteiger partial charge in [0.2, 0.25) is 0 Å². The van der Waals surface area contributed by atoms with E-state index in [0.29, 0.717) is 43.3 Å². The number of halogens is 1. The Morgan fingerprint density at radius 2 is 1.57 bits per heavy atom. The molecule has 2 heterocycles. The number of amides is 2. The molecule has 42 heavy (non-hydrogen) atoms. The number of ether oxygens (including phenoxy) is 1. The van der Waals surface area contributed by atoms with Crippen LogP contribution in [0.5, 0.6) is 5.75 Å². The maximum absolute atomic E-state index is 13.9. The highest BCUT2D eigenvalue weighted by molar-refractivity contribution is 6.34. The van der Waals surface area contributed by atoms with Gasteiger partial charge in [0.15, 0.2) is 0 Å². The number of hydrogen-bond acceptors (Lipinski definition) is 7. The predicted octanol–water partition coefficient (Wildman–Crippen LogP) is 5.71. The summed E-state index contributed by atoms with van der Waals surface area (Å²) in [6.07, 6.45) is 1.90. The molecule has 2 aliphatic rings. The van der Waals surface area contributed by atoms with Crippen LogP contribution in [0.4, 0.5) is 22.7 Å². The molecule has 2 amide bonds. The molecule has 3 aromatic carbocycles. The van der Waals surface area contributed by atoms with Gasteiger partial charge in [0.05, 0.1) is 33.9 Å². The van der Waals surface area contributed by atoms with Crippen molar-refractivity contribution < 1.29 is 19.2 Å². The number of rotatable bonds is 7. The molecule has 11 heteroatoms. The number of non-ortho nitro benzene ring substituents is 1. The van der Waals surface area contributed by atoms with Crippen LogP contribution in [-0.4, -0.2) is 68.0 Å². The molecule has 0 atom stereocenters. The maximum Gasteiger partial charge on any atom is 0.270 e. The van der Waals surface area contributed by atoms with E-state index in [9.17, 15) is 19.7 Å². The van der Waals surface area contributed by atoms with Gasteiger partial charge in [-0.2, -0.15) is 0 Å². The summed E-state index contributed by atoms with van der Waals surface area (Å²) in [4.78, 5) is 43.8. The highest BCUT2D eigenvalue weighted by atomic mass is 35.5. The van der Waals surface area contributed by atoms with Crippen molar-refractivity contribution in [1.29, 1.82) is 0 Å². The minimum absolute atomic E-state index is 0.0232. The fourth-order valence-electron chi connectivity index (χ4n) is 5.52. The Hall–Kier alpha value is -4.31. The Kier molecular flexibility index (Phi) is 8.82. The number of hydrogen-bond donors (Lipinski definition) is 1. The summed E-state index contributed by atoms with van der Waals surface area (Å²) in [6, 6.07) is 17.0. The number of anilines is 3. The van der Waals surface area contributed by atoms with Gasteiger partial charge in [-0.15, -0.1) is 0 Å². The lowest BCUT2D eigenvalue weighted by Crippen LogP contribution is -2.47. The van der Waals surface area contributed by atoms with Gasteiger partial charge in [0.1, 0.15) is 5.75 Å². The number of piperazine rings is 1. The molecule has 0 bridgehead atoms. The first-order valence-corrected chi connectivity index (χ1v) is 14.4. The fraction of sp³-hybridized carbons (Fsp3) is 0.355. The Balaban J connectivity index is 1.39. The quantitative estimate of drug-likeness (QED) is 0.277. The first-order chi connectivity index (χ1) is 20.2. The van der Waals surface area contributed by atoms with Crippen molar-refractivity contribution in [3.8, 4) is 5.75 Å². The van der Waals surface area contributed by atoms with Gasteiger partial charge in [0.25, 0.3) is 17.5 Å². The molecular weight excluding hydrogens is 558 g/mol. The molecule has 3 aromatic rings. The molecule has 0 radical (unpaired) electrons. The number of piperidine rings is 1. The third-order valence-corrected chi connectivity index (χ3v) is 8.32. The van der Waals surface area contributed by atoms with Crippen molar-refractivity contribution in [3.05, 3.63) is 86.9 Å². The summed E-state index contributed by atoms with van der Waals surface area (Å²) < 4.78 is 5.56. The van der Waals surface area contributed by atoms with Crippen LogP contribution in [0.2, 0.25) is 5.02 Å². The molecular formula is C31H34ClN5O5. The van der Waals surface area contributed by atoms with Crippen LogP contribution in [0.25, 0.3) is 0 Å². The number of carbonyl (C=O) groups excluding carboxylic acids is 2. The van der Waals surface area contributed by atoms with E-state index in [2.05, 4.69) is 28.1 Å². The van der Waals surface area contributed by atoms with E-state index < -0.39 is 10.8 Å². The number of nitrogens with zero attached hydrogens (tertiary/aromatic N) is 4. The average Bonchev–Trinajstić information content (AvgIpc) is 3.01. The molecule has 2 aliphatic heterocycles. The smallest absolute Gasteiger partial charge is 0.270 e. The Morgan fingerprint density at radius 1 is 0.905 bits per heavy atom. The number of carbonyl (C=O) groups is 2. The molecule has 220 valence electrons. The van der Waals surface area contributed by atoms with Crippen LogP contribution in [0, 0.1) is 16.0 Å². The lowest BCUT2D eigenvalue weighted by atomic mass is 9.98. The third kappa shape index (κ3) is 6.28. The normalized spacial score (nSPS) is 15.8. The summed E-state index contributed by atoms with van der Waals surface area (Å²) in [5.41, 5.74) is 2.75. The predicted molar refractivity (Wildman–Crippen MR) is 164 cm³/mol. The summed E-state index contributed by atoms with van der Waals surface area (Å²) >= 11 is 6.19. The van der Waals surface area contributed by atoms with Gasteiger partial charge >= 0.3 is 0 Å². The minimum Gasteiger partial charge on any atom is -0.495 e. The van der Waals surface area contributed by atoms with E-state index in [0.717, 1.165) is 49.1 Å². The number of benzene rings is 3. The topological polar surface area (TPSA) is 108 Å². The monoisotopic (exact) mass is 591 g/mol. The van der Waals surface area contributed by atoms with Crippen molar-refractivity contribution in [3.63, 3.8) is 0 Å². The lowest BCUT2D eigenvalue weighted by Gasteiger charge is -2.39. The van der Waals surface area contributed by atoms with E-state index in [4.69, 9.17) is 16.3 Å². The first kappa shape index (κ1) is 29.2. The van der Waals surface area contributed by atoms with E-state index in [-0.39, 0.29) is 22.2 Å². The number of methoxy groups -OCH3 is 1. The SMILES string of the molecule is COc1ccccc1N1CCN(c2ccc(NC(=O)c3ccc([N+](=O)[O-])cc3Cl)cc2C(=O)N2CCC(C)CC2)CC1. The summed E-state index contributed by atoms with van der Waals surface area (Å²) in [5, 5.41) is 13.9. The van der Waals surface area contributed by atoms with Gasteiger partial charge in [0, 0.05) is 62.8 Å². The summed E-state index contributed by atoms with van der Waals surface area (Å²) in [7, 11) is 1.67. The summed E-state index contributed by atoms with van der Waals surface area (Å²) in [5.74, 6) is 0.829. The molecule has 1 N–H and O–H groups in total. The van der Waals surface area contributed by atoms with Crippen molar-refractivity contribution in [2.75, 3.05) is 61.5 Å². The van der Waals surface area contributed by atoms with E-state index in [1.165, 1.54) is 12.1 Å².